The standard InChI is InChI=1S/C12H26N4/c1-14-9-11-16(12-10-14)13-5-4-8-15-6-2-3-7-15/h13H,2-12H2,1H3. The topological polar surface area (TPSA) is 21.8 Å². The predicted octanol–water partition coefficient (Wildman–Crippen LogP) is 0.224. The molecule has 0 spiro atoms. The van der Waals surface area contributed by atoms with E-state index in [0.29, 0.717) is 0 Å². The molecule has 94 valence electrons. The van der Waals surface area contributed by atoms with Gasteiger partial charge in [-0.2, -0.15) is 0 Å². The lowest BCUT2D eigenvalue weighted by Crippen LogP contribution is -2.51. The van der Waals surface area contributed by atoms with E-state index in [1.54, 1.807) is 0 Å². The van der Waals surface area contributed by atoms with Gasteiger partial charge in [0.05, 0.1) is 0 Å². The Hall–Kier alpha value is -0.160. The Morgan fingerprint density at radius 1 is 0.938 bits per heavy atom. The molecule has 0 saturated carbocycles. The predicted molar refractivity (Wildman–Crippen MR) is 67.4 cm³/mol. The minimum atomic E-state index is 1.14. The smallest absolute Gasteiger partial charge is 0.0259 e. The average Bonchev–Trinajstić information content (AvgIpc) is 2.80. The van der Waals surface area contributed by atoms with E-state index in [1.807, 2.05) is 0 Å². The fraction of sp³-hybridized carbons (Fsp3) is 1.00. The van der Waals surface area contributed by atoms with Crippen molar-refractivity contribution in [2.24, 2.45) is 0 Å². The molecular formula is C12H26N4. The largest absolute Gasteiger partial charge is 0.304 e. The summed E-state index contributed by atoms with van der Waals surface area (Å²) in [6.45, 7) is 9.79. The first-order valence-corrected chi connectivity index (χ1v) is 6.74. The van der Waals surface area contributed by atoms with E-state index in [-0.39, 0.29) is 0 Å². The van der Waals surface area contributed by atoms with E-state index in [2.05, 4.69) is 27.3 Å². The van der Waals surface area contributed by atoms with Crippen LogP contribution < -0.4 is 5.43 Å². The number of likely N-dealkylation sites (tertiary alicyclic amines) is 1. The number of likely N-dealkylation sites (N-methyl/N-ethyl adjacent to an activating group) is 1. The normalized spacial score (nSPS) is 25.3. The Bertz CT molecular complexity index is 183. The fourth-order valence-corrected chi connectivity index (χ4v) is 2.51. The second-order valence-corrected chi connectivity index (χ2v) is 5.10. The average molecular weight is 226 g/mol. The molecule has 2 fully saturated rings. The van der Waals surface area contributed by atoms with Gasteiger partial charge in [-0.25, -0.2) is 5.01 Å². The van der Waals surface area contributed by atoms with Gasteiger partial charge in [0.2, 0.25) is 0 Å². The van der Waals surface area contributed by atoms with Crippen molar-refractivity contribution in [3.63, 3.8) is 0 Å². The molecule has 0 unspecified atom stereocenters. The molecule has 0 aromatic rings. The highest BCUT2D eigenvalue weighted by Gasteiger charge is 2.13. The van der Waals surface area contributed by atoms with Crippen molar-refractivity contribution in [3.05, 3.63) is 0 Å². The Labute approximate surface area is 99.5 Å². The van der Waals surface area contributed by atoms with Crippen LogP contribution in [0.15, 0.2) is 0 Å². The first kappa shape index (κ1) is 12.3. The highest BCUT2D eigenvalue weighted by Crippen LogP contribution is 2.06. The molecule has 2 rings (SSSR count). The van der Waals surface area contributed by atoms with Crippen LogP contribution in [0.5, 0.6) is 0 Å². The van der Waals surface area contributed by atoms with Crippen molar-refractivity contribution in [2.45, 2.75) is 19.3 Å². The van der Waals surface area contributed by atoms with Gasteiger partial charge < -0.3 is 9.80 Å². The van der Waals surface area contributed by atoms with Gasteiger partial charge >= 0.3 is 0 Å². The molecular weight excluding hydrogens is 200 g/mol. The minimum Gasteiger partial charge on any atom is -0.304 e. The molecule has 0 aliphatic carbocycles. The summed E-state index contributed by atoms with van der Waals surface area (Å²) < 4.78 is 0. The third-order valence-corrected chi connectivity index (χ3v) is 3.69. The number of piperazine rings is 1. The number of hydrogen-bond acceptors (Lipinski definition) is 4. The summed E-state index contributed by atoms with van der Waals surface area (Å²) in [5.74, 6) is 0. The van der Waals surface area contributed by atoms with E-state index in [9.17, 15) is 0 Å². The lowest BCUT2D eigenvalue weighted by Gasteiger charge is -2.32. The summed E-state index contributed by atoms with van der Waals surface area (Å²) in [4.78, 5) is 4.98. The number of rotatable bonds is 5. The van der Waals surface area contributed by atoms with E-state index in [1.165, 1.54) is 65.1 Å². The number of nitrogens with zero attached hydrogens (tertiary/aromatic N) is 3. The zero-order valence-electron chi connectivity index (χ0n) is 10.6. The van der Waals surface area contributed by atoms with Crippen molar-refractivity contribution in [3.8, 4) is 0 Å². The summed E-state index contributed by atoms with van der Waals surface area (Å²) in [6.07, 6.45) is 4.10. The maximum absolute atomic E-state index is 3.55. The Balaban J connectivity index is 1.48. The third-order valence-electron chi connectivity index (χ3n) is 3.69. The van der Waals surface area contributed by atoms with Crippen LogP contribution >= 0.6 is 0 Å². The first-order valence-electron chi connectivity index (χ1n) is 6.74. The summed E-state index contributed by atoms with van der Waals surface area (Å²) in [6, 6.07) is 0. The van der Waals surface area contributed by atoms with Gasteiger partial charge in [0.1, 0.15) is 0 Å². The highest BCUT2D eigenvalue weighted by molar-refractivity contribution is 4.68. The summed E-state index contributed by atoms with van der Waals surface area (Å²) in [7, 11) is 2.20. The molecule has 0 bridgehead atoms. The Morgan fingerprint density at radius 3 is 2.31 bits per heavy atom. The molecule has 0 aromatic heterocycles. The van der Waals surface area contributed by atoms with Crippen molar-refractivity contribution in [1.29, 1.82) is 0 Å². The molecule has 2 saturated heterocycles. The third kappa shape index (κ3) is 4.01. The van der Waals surface area contributed by atoms with Crippen molar-refractivity contribution >= 4 is 0 Å². The summed E-state index contributed by atoms with van der Waals surface area (Å²) in [5, 5.41) is 2.38. The SMILES string of the molecule is CN1CCN(NCCCN2CCCC2)CC1. The lowest BCUT2D eigenvalue weighted by molar-refractivity contribution is 0.103. The van der Waals surface area contributed by atoms with Gasteiger partial charge in [-0.05, 0) is 45.9 Å². The van der Waals surface area contributed by atoms with Gasteiger partial charge in [-0.3, -0.25) is 5.43 Å². The maximum Gasteiger partial charge on any atom is 0.0259 e. The second-order valence-electron chi connectivity index (χ2n) is 5.10. The van der Waals surface area contributed by atoms with Crippen LogP contribution in [0.1, 0.15) is 19.3 Å². The molecule has 0 atom stereocenters. The van der Waals surface area contributed by atoms with E-state index < -0.39 is 0 Å². The molecule has 4 nitrogen and oxygen atoms in total. The second kappa shape index (κ2) is 6.55. The van der Waals surface area contributed by atoms with Crippen LogP contribution in [0.2, 0.25) is 0 Å². The number of hydrogen-bond donors (Lipinski definition) is 1. The zero-order valence-corrected chi connectivity index (χ0v) is 10.6. The minimum absolute atomic E-state index is 1.14. The molecule has 4 heteroatoms. The van der Waals surface area contributed by atoms with E-state index in [4.69, 9.17) is 0 Å². The van der Waals surface area contributed by atoms with Gasteiger partial charge in [-0.15, -0.1) is 0 Å². The van der Waals surface area contributed by atoms with Crippen LogP contribution in [0.3, 0.4) is 0 Å². The van der Waals surface area contributed by atoms with Crippen LogP contribution in [-0.4, -0.2) is 74.2 Å². The highest BCUT2D eigenvalue weighted by atomic mass is 15.5. The lowest BCUT2D eigenvalue weighted by atomic mass is 10.3. The van der Waals surface area contributed by atoms with Gasteiger partial charge in [0, 0.05) is 32.7 Å². The van der Waals surface area contributed by atoms with Crippen molar-refractivity contribution < 1.29 is 0 Å². The molecule has 1 N–H and O–H groups in total. The number of nitrogens with one attached hydrogen (secondary N) is 1. The molecule has 0 aromatic carbocycles. The zero-order chi connectivity index (χ0) is 11.2. The monoisotopic (exact) mass is 226 g/mol. The Morgan fingerprint density at radius 2 is 1.62 bits per heavy atom. The van der Waals surface area contributed by atoms with Crippen LogP contribution in [0.4, 0.5) is 0 Å². The fourth-order valence-electron chi connectivity index (χ4n) is 2.51. The maximum atomic E-state index is 3.55. The van der Waals surface area contributed by atoms with Crippen LogP contribution in [0.25, 0.3) is 0 Å². The first-order chi connectivity index (χ1) is 7.84. The molecule has 0 amide bonds. The quantitative estimate of drug-likeness (QED) is 0.677. The molecule has 2 aliphatic heterocycles. The summed E-state index contributed by atoms with van der Waals surface area (Å²) in [5.41, 5.74) is 3.55. The number of hydrazine groups is 1. The van der Waals surface area contributed by atoms with Crippen LogP contribution in [-0.2, 0) is 0 Å². The van der Waals surface area contributed by atoms with Gasteiger partial charge in [0.25, 0.3) is 0 Å². The van der Waals surface area contributed by atoms with Crippen LogP contribution in [0, 0.1) is 0 Å². The van der Waals surface area contributed by atoms with Crippen molar-refractivity contribution in [1.82, 2.24) is 20.2 Å². The summed E-state index contributed by atoms with van der Waals surface area (Å²) >= 11 is 0. The molecule has 0 radical (unpaired) electrons. The molecule has 16 heavy (non-hydrogen) atoms. The van der Waals surface area contributed by atoms with Gasteiger partial charge in [0.15, 0.2) is 0 Å². The Kier molecular flexibility index (Phi) is 5.03. The molecule has 2 heterocycles. The van der Waals surface area contributed by atoms with Gasteiger partial charge in [-0.1, -0.05) is 0 Å². The molecule has 2 aliphatic rings. The van der Waals surface area contributed by atoms with Crippen molar-refractivity contribution in [2.75, 3.05) is 59.4 Å². The van der Waals surface area contributed by atoms with E-state index >= 15 is 0 Å². The van der Waals surface area contributed by atoms with E-state index in [0.717, 1.165) is 6.54 Å².